The van der Waals surface area contributed by atoms with E-state index in [1.807, 2.05) is 6.07 Å². The number of nitrogens with zero attached hydrogens (tertiary/aromatic N) is 1. The third-order valence-corrected chi connectivity index (χ3v) is 1.49. The summed E-state index contributed by atoms with van der Waals surface area (Å²) < 4.78 is 0. The first kappa shape index (κ1) is 10.4. The van der Waals surface area contributed by atoms with Gasteiger partial charge in [-0.05, 0) is 15.9 Å². The standard InChI is InChI=1S/C7H11BrN2O/c1-7(2,3)6(11)10-5(8)4-9/h5H,1-3H3,(H,10,11). The summed E-state index contributed by atoms with van der Waals surface area (Å²) in [5.41, 5.74) is -0.442. The third-order valence-electron chi connectivity index (χ3n) is 1.05. The lowest BCUT2D eigenvalue weighted by Crippen LogP contribution is -2.38. The van der Waals surface area contributed by atoms with E-state index in [2.05, 4.69) is 21.2 Å². The van der Waals surface area contributed by atoms with Crippen LogP contribution in [0, 0.1) is 16.7 Å². The number of nitriles is 1. The van der Waals surface area contributed by atoms with E-state index in [-0.39, 0.29) is 5.91 Å². The number of alkyl halides is 1. The number of amides is 1. The summed E-state index contributed by atoms with van der Waals surface area (Å²) in [4.78, 5) is 10.6. The number of hydrogen-bond acceptors (Lipinski definition) is 2. The van der Waals surface area contributed by atoms with Crippen LogP contribution in [0.5, 0.6) is 0 Å². The van der Waals surface area contributed by atoms with Gasteiger partial charge in [0.25, 0.3) is 0 Å². The number of carbonyl (C=O) groups is 1. The predicted molar refractivity (Wildman–Crippen MR) is 45.9 cm³/mol. The molecule has 1 amide bonds. The SMILES string of the molecule is CC(C)(C)C(=O)NC(Br)C#N. The highest BCUT2D eigenvalue weighted by Crippen LogP contribution is 2.13. The smallest absolute Gasteiger partial charge is 0.227 e. The van der Waals surface area contributed by atoms with Crippen LogP contribution in [-0.2, 0) is 4.79 Å². The molecule has 0 spiro atoms. The molecule has 0 fully saturated rings. The van der Waals surface area contributed by atoms with Crippen LogP contribution in [0.15, 0.2) is 0 Å². The van der Waals surface area contributed by atoms with Crippen LogP contribution in [0.1, 0.15) is 20.8 Å². The Morgan fingerprint density at radius 3 is 2.36 bits per heavy atom. The maximum absolute atomic E-state index is 11.1. The molecule has 0 aliphatic carbocycles. The summed E-state index contributed by atoms with van der Waals surface area (Å²) >= 11 is 2.98. The van der Waals surface area contributed by atoms with Crippen LogP contribution in [-0.4, -0.2) is 10.9 Å². The molecule has 3 nitrogen and oxygen atoms in total. The quantitative estimate of drug-likeness (QED) is 0.535. The number of hydrogen-bond donors (Lipinski definition) is 1. The molecule has 0 saturated carbocycles. The van der Waals surface area contributed by atoms with Gasteiger partial charge in [-0.3, -0.25) is 4.79 Å². The summed E-state index contributed by atoms with van der Waals surface area (Å²) in [5, 5.41) is 10.8. The average Bonchev–Trinajstić information content (AvgIpc) is 1.85. The van der Waals surface area contributed by atoms with E-state index in [9.17, 15) is 4.79 Å². The maximum atomic E-state index is 11.1. The van der Waals surface area contributed by atoms with Gasteiger partial charge in [-0.25, -0.2) is 0 Å². The van der Waals surface area contributed by atoms with Crippen LogP contribution >= 0.6 is 15.9 Å². The summed E-state index contributed by atoms with van der Waals surface area (Å²) in [5.74, 6) is -0.138. The van der Waals surface area contributed by atoms with E-state index < -0.39 is 10.4 Å². The van der Waals surface area contributed by atoms with E-state index >= 15 is 0 Å². The lowest BCUT2D eigenvalue weighted by molar-refractivity contribution is -0.128. The zero-order chi connectivity index (χ0) is 9.07. The molecule has 1 unspecified atom stereocenters. The lowest BCUT2D eigenvalue weighted by Gasteiger charge is -2.17. The molecule has 1 atom stereocenters. The highest BCUT2D eigenvalue weighted by atomic mass is 79.9. The van der Waals surface area contributed by atoms with Crippen molar-refractivity contribution in [3.05, 3.63) is 0 Å². The topological polar surface area (TPSA) is 52.9 Å². The first-order valence-corrected chi connectivity index (χ1v) is 4.14. The minimum Gasteiger partial charge on any atom is -0.331 e. The van der Waals surface area contributed by atoms with Crippen molar-refractivity contribution in [1.29, 1.82) is 5.26 Å². The van der Waals surface area contributed by atoms with E-state index in [1.54, 1.807) is 20.8 Å². The molecular weight excluding hydrogens is 208 g/mol. The average molecular weight is 219 g/mol. The first-order valence-electron chi connectivity index (χ1n) is 3.22. The molecular formula is C7H11BrN2O. The Morgan fingerprint density at radius 2 is 2.09 bits per heavy atom. The first-order chi connectivity index (χ1) is 4.88. The number of nitrogens with one attached hydrogen (secondary N) is 1. The molecule has 0 rings (SSSR count). The van der Waals surface area contributed by atoms with Crippen molar-refractivity contribution in [1.82, 2.24) is 5.32 Å². The largest absolute Gasteiger partial charge is 0.331 e. The number of halogens is 1. The van der Waals surface area contributed by atoms with Gasteiger partial charge >= 0.3 is 0 Å². The number of rotatable bonds is 1. The second-order valence-corrected chi connectivity index (χ2v) is 4.13. The highest BCUT2D eigenvalue weighted by molar-refractivity contribution is 9.09. The van der Waals surface area contributed by atoms with Crippen LogP contribution in [0.3, 0.4) is 0 Å². The zero-order valence-corrected chi connectivity index (χ0v) is 8.40. The molecule has 0 radical (unpaired) electrons. The fraction of sp³-hybridized carbons (Fsp3) is 0.714. The molecule has 0 bridgehead atoms. The van der Waals surface area contributed by atoms with Crippen molar-refractivity contribution < 1.29 is 4.79 Å². The molecule has 0 aliphatic rings. The van der Waals surface area contributed by atoms with Crippen LogP contribution in [0.2, 0.25) is 0 Å². The molecule has 0 saturated heterocycles. The van der Waals surface area contributed by atoms with Crippen molar-refractivity contribution in [3.8, 4) is 6.07 Å². The van der Waals surface area contributed by atoms with Gasteiger partial charge < -0.3 is 5.32 Å². The van der Waals surface area contributed by atoms with Crippen molar-refractivity contribution in [2.45, 2.75) is 25.7 Å². The van der Waals surface area contributed by atoms with Gasteiger partial charge in [-0.15, -0.1) is 0 Å². The van der Waals surface area contributed by atoms with Crippen LogP contribution < -0.4 is 5.32 Å². The van der Waals surface area contributed by atoms with Crippen molar-refractivity contribution >= 4 is 21.8 Å². The van der Waals surface area contributed by atoms with E-state index in [4.69, 9.17) is 5.26 Å². The third kappa shape index (κ3) is 3.99. The molecule has 62 valence electrons. The summed E-state index contributed by atoms with van der Waals surface area (Å²) in [7, 11) is 0. The molecule has 11 heavy (non-hydrogen) atoms. The fourth-order valence-corrected chi connectivity index (χ4v) is 0.572. The molecule has 0 aromatic rings. The van der Waals surface area contributed by atoms with E-state index in [1.165, 1.54) is 0 Å². The maximum Gasteiger partial charge on any atom is 0.227 e. The molecule has 0 aliphatic heterocycles. The van der Waals surface area contributed by atoms with Gasteiger partial charge in [0.15, 0.2) is 4.95 Å². The predicted octanol–water partition coefficient (Wildman–Crippen LogP) is 1.39. The minimum absolute atomic E-state index is 0.138. The Bertz CT molecular complexity index is 190. The Kier molecular flexibility index (Phi) is 3.53. The highest BCUT2D eigenvalue weighted by Gasteiger charge is 2.22. The minimum atomic E-state index is -0.589. The van der Waals surface area contributed by atoms with Gasteiger partial charge in [0.2, 0.25) is 5.91 Å². The van der Waals surface area contributed by atoms with Crippen molar-refractivity contribution in [2.75, 3.05) is 0 Å². The Morgan fingerprint density at radius 1 is 1.64 bits per heavy atom. The molecule has 4 heteroatoms. The fourth-order valence-electron chi connectivity index (χ4n) is 0.364. The molecule has 0 heterocycles. The van der Waals surface area contributed by atoms with Crippen LogP contribution in [0.4, 0.5) is 0 Å². The monoisotopic (exact) mass is 218 g/mol. The molecule has 0 aromatic carbocycles. The second kappa shape index (κ2) is 3.72. The zero-order valence-electron chi connectivity index (χ0n) is 6.81. The van der Waals surface area contributed by atoms with Gasteiger partial charge in [0.1, 0.15) is 0 Å². The van der Waals surface area contributed by atoms with E-state index in [0.717, 1.165) is 0 Å². The Labute approximate surface area is 74.9 Å². The molecule has 0 aromatic heterocycles. The summed E-state index contributed by atoms with van der Waals surface area (Å²) in [6, 6.07) is 1.85. The Balaban J connectivity index is 4.01. The molecule has 1 N–H and O–H groups in total. The van der Waals surface area contributed by atoms with Gasteiger partial charge in [-0.2, -0.15) is 5.26 Å². The second-order valence-electron chi connectivity index (χ2n) is 3.22. The normalized spacial score (nSPS) is 13.4. The van der Waals surface area contributed by atoms with Gasteiger partial charge in [-0.1, -0.05) is 20.8 Å². The van der Waals surface area contributed by atoms with Crippen molar-refractivity contribution in [2.24, 2.45) is 5.41 Å². The summed E-state index contributed by atoms with van der Waals surface area (Å²) in [6.45, 7) is 5.37. The Hall–Kier alpha value is -0.560. The number of carbonyl (C=O) groups excluding carboxylic acids is 1. The summed E-state index contributed by atoms with van der Waals surface area (Å²) in [6.07, 6.45) is 0. The van der Waals surface area contributed by atoms with Gasteiger partial charge in [0, 0.05) is 5.41 Å². The van der Waals surface area contributed by atoms with Crippen LogP contribution in [0.25, 0.3) is 0 Å². The van der Waals surface area contributed by atoms with Crippen molar-refractivity contribution in [3.63, 3.8) is 0 Å². The van der Waals surface area contributed by atoms with Gasteiger partial charge in [0.05, 0.1) is 6.07 Å². The lowest BCUT2D eigenvalue weighted by atomic mass is 9.96. The van der Waals surface area contributed by atoms with E-state index in [0.29, 0.717) is 0 Å².